The van der Waals surface area contributed by atoms with Gasteiger partial charge in [-0.1, -0.05) is 36.4 Å². The zero-order valence-corrected chi connectivity index (χ0v) is 18.2. The number of aliphatic hydroxyl groups excluding tert-OH is 1. The molecule has 0 saturated carbocycles. The molecule has 0 aliphatic heterocycles. The Kier molecular flexibility index (Phi) is 6.30. The van der Waals surface area contributed by atoms with Crippen LogP contribution in [0.2, 0.25) is 0 Å². The summed E-state index contributed by atoms with van der Waals surface area (Å²) in [5.41, 5.74) is 2.36. The van der Waals surface area contributed by atoms with Gasteiger partial charge in [-0.05, 0) is 53.4 Å². The SMILES string of the molecule is CN(C(=O)Cn1c(=O)oc2ccc(-c3ccc(C(F)(F)F)cc3)cc21)c1ccccc1CCO. The molecule has 0 spiro atoms. The van der Waals surface area contributed by atoms with E-state index >= 15 is 0 Å². The highest BCUT2D eigenvalue weighted by Gasteiger charge is 2.30. The van der Waals surface area contributed by atoms with Gasteiger partial charge >= 0.3 is 11.9 Å². The number of aromatic nitrogens is 1. The van der Waals surface area contributed by atoms with E-state index in [0.717, 1.165) is 17.7 Å². The fourth-order valence-electron chi connectivity index (χ4n) is 3.79. The molecule has 176 valence electrons. The maximum absolute atomic E-state index is 13.0. The van der Waals surface area contributed by atoms with Crippen molar-refractivity contribution in [2.75, 3.05) is 18.6 Å². The molecule has 4 rings (SSSR count). The number of benzene rings is 3. The molecule has 0 radical (unpaired) electrons. The van der Waals surface area contributed by atoms with Gasteiger partial charge in [-0.3, -0.25) is 9.36 Å². The zero-order valence-electron chi connectivity index (χ0n) is 18.2. The van der Waals surface area contributed by atoms with E-state index in [1.54, 1.807) is 37.4 Å². The van der Waals surface area contributed by atoms with E-state index in [1.165, 1.54) is 21.6 Å². The van der Waals surface area contributed by atoms with Gasteiger partial charge in [0.2, 0.25) is 5.91 Å². The normalized spacial score (nSPS) is 11.7. The van der Waals surface area contributed by atoms with Gasteiger partial charge in [0, 0.05) is 19.3 Å². The molecule has 4 aromatic rings. The lowest BCUT2D eigenvalue weighted by Crippen LogP contribution is -2.33. The third-order valence-corrected chi connectivity index (χ3v) is 5.61. The number of amides is 1. The number of para-hydroxylation sites is 1. The van der Waals surface area contributed by atoms with Crippen molar-refractivity contribution < 1.29 is 27.5 Å². The molecule has 1 amide bonds. The fraction of sp³-hybridized carbons (Fsp3) is 0.200. The van der Waals surface area contributed by atoms with Crippen molar-refractivity contribution in [3.63, 3.8) is 0 Å². The van der Waals surface area contributed by atoms with Crippen molar-refractivity contribution in [3.05, 3.63) is 88.4 Å². The molecule has 0 unspecified atom stereocenters. The van der Waals surface area contributed by atoms with E-state index in [2.05, 4.69) is 0 Å². The van der Waals surface area contributed by atoms with Crippen LogP contribution in [0.15, 0.2) is 75.9 Å². The molecule has 3 aromatic carbocycles. The van der Waals surface area contributed by atoms with Crippen LogP contribution in [0.4, 0.5) is 18.9 Å². The van der Waals surface area contributed by atoms with E-state index in [9.17, 15) is 27.9 Å². The van der Waals surface area contributed by atoms with Crippen LogP contribution >= 0.6 is 0 Å². The number of oxazole rings is 1. The smallest absolute Gasteiger partial charge is 0.408 e. The van der Waals surface area contributed by atoms with Gasteiger partial charge in [0.15, 0.2) is 5.58 Å². The summed E-state index contributed by atoms with van der Waals surface area (Å²) in [4.78, 5) is 26.9. The summed E-state index contributed by atoms with van der Waals surface area (Å²) in [6, 6.07) is 16.6. The third-order valence-electron chi connectivity index (χ3n) is 5.61. The highest BCUT2D eigenvalue weighted by atomic mass is 19.4. The molecular weight excluding hydrogens is 449 g/mol. The lowest BCUT2D eigenvalue weighted by atomic mass is 10.0. The molecule has 6 nitrogen and oxygen atoms in total. The van der Waals surface area contributed by atoms with E-state index in [4.69, 9.17) is 4.42 Å². The number of anilines is 1. The minimum atomic E-state index is -4.43. The van der Waals surface area contributed by atoms with Crippen molar-refractivity contribution in [3.8, 4) is 11.1 Å². The summed E-state index contributed by atoms with van der Waals surface area (Å²) in [6.07, 6.45) is -4.06. The minimum Gasteiger partial charge on any atom is -0.408 e. The fourth-order valence-corrected chi connectivity index (χ4v) is 3.79. The zero-order chi connectivity index (χ0) is 24.5. The van der Waals surface area contributed by atoms with Crippen molar-refractivity contribution >= 4 is 22.7 Å². The molecular formula is C25H21F3N2O4. The number of nitrogens with zero attached hydrogens (tertiary/aromatic N) is 2. The lowest BCUT2D eigenvalue weighted by molar-refractivity contribution is -0.137. The van der Waals surface area contributed by atoms with E-state index in [1.807, 2.05) is 12.1 Å². The highest BCUT2D eigenvalue weighted by molar-refractivity contribution is 5.94. The third kappa shape index (κ3) is 4.60. The van der Waals surface area contributed by atoms with Crippen molar-refractivity contribution in [1.82, 2.24) is 4.57 Å². The largest absolute Gasteiger partial charge is 0.420 e. The predicted octanol–water partition coefficient (Wildman–Crippen LogP) is 4.48. The Hall–Kier alpha value is -3.85. The molecule has 0 aliphatic carbocycles. The Balaban J connectivity index is 1.65. The molecule has 1 aromatic heterocycles. The summed E-state index contributed by atoms with van der Waals surface area (Å²) in [5, 5.41) is 9.28. The standard InChI is InChI=1S/C25H21F3N2O4/c1-29(20-5-3-2-4-17(20)12-13-31)23(32)15-30-21-14-18(8-11-22(21)34-24(30)33)16-6-9-19(10-7-16)25(26,27)28/h2-11,14,31H,12-13,15H2,1H3. The Morgan fingerprint density at radius 2 is 1.71 bits per heavy atom. The van der Waals surface area contributed by atoms with Crippen molar-refractivity contribution in [2.24, 2.45) is 0 Å². The highest BCUT2D eigenvalue weighted by Crippen LogP contribution is 2.31. The molecule has 1 N–H and O–H groups in total. The first-order valence-corrected chi connectivity index (χ1v) is 10.5. The number of alkyl halides is 3. The van der Waals surface area contributed by atoms with Crippen LogP contribution < -0.4 is 10.7 Å². The second kappa shape index (κ2) is 9.18. The minimum absolute atomic E-state index is 0.0718. The molecule has 1 heterocycles. The molecule has 0 fully saturated rings. The Morgan fingerprint density at radius 1 is 1.03 bits per heavy atom. The van der Waals surface area contributed by atoms with E-state index < -0.39 is 17.5 Å². The summed E-state index contributed by atoms with van der Waals surface area (Å²) < 4.78 is 45.0. The number of likely N-dealkylation sites (N-methyl/N-ethyl adjacent to an activating group) is 1. The maximum Gasteiger partial charge on any atom is 0.420 e. The quantitative estimate of drug-likeness (QED) is 0.451. The van der Waals surface area contributed by atoms with Gasteiger partial charge < -0.3 is 14.4 Å². The van der Waals surface area contributed by atoms with Crippen LogP contribution in [0, 0.1) is 0 Å². The number of hydrogen-bond donors (Lipinski definition) is 1. The van der Waals surface area contributed by atoms with Crippen LogP contribution in [0.3, 0.4) is 0 Å². The first kappa shape index (κ1) is 23.3. The van der Waals surface area contributed by atoms with Crippen LogP contribution in [0.5, 0.6) is 0 Å². The van der Waals surface area contributed by atoms with Gasteiger partial charge in [-0.2, -0.15) is 13.2 Å². The number of halogens is 3. The molecule has 0 saturated heterocycles. The second-order valence-corrected chi connectivity index (χ2v) is 7.77. The average Bonchev–Trinajstić information content (AvgIpc) is 3.13. The van der Waals surface area contributed by atoms with Crippen molar-refractivity contribution in [2.45, 2.75) is 19.1 Å². The Morgan fingerprint density at radius 3 is 2.38 bits per heavy atom. The van der Waals surface area contributed by atoms with Gasteiger partial charge in [-0.15, -0.1) is 0 Å². The second-order valence-electron chi connectivity index (χ2n) is 7.77. The van der Waals surface area contributed by atoms with Crippen LogP contribution in [-0.4, -0.2) is 29.2 Å². The van der Waals surface area contributed by atoms with Gasteiger partial charge in [0.05, 0.1) is 11.1 Å². The Labute approximate surface area is 192 Å². The summed E-state index contributed by atoms with van der Waals surface area (Å²) in [5.74, 6) is -1.10. The molecule has 9 heteroatoms. The maximum atomic E-state index is 13.0. The number of rotatable bonds is 6. The predicted molar refractivity (Wildman–Crippen MR) is 122 cm³/mol. The van der Waals surface area contributed by atoms with Gasteiger partial charge in [-0.25, -0.2) is 4.79 Å². The van der Waals surface area contributed by atoms with Gasteiger partial charge in [0.1, 0.15) is 6.54 Å². The van der Waals surface area contributed by atoms with Crippen LogP contribution in [-0.2, 0) is 23.9 Å². The number of hydrogen-bond acceptors (Lipinski definition) is 4. The molecule has 34 heavy (non-hydrogen) atoms. The van der Waals surface area contributed by atoms with Gasteiger partial charge in [0.25, 0.3) is 0 Å². The first-order chi connectivity index (χ1) is 16.2. The monoisotopic (exact) mass is 470 g/mol. The lowest BCUT2D eigenvalue weighted by Gasteiger charge is -2.20. The van der Waals surface area contributed by atoms with E-state index in [-0.39, 0.29) is 24.6 Å². The number of aliphatic hydroxyl groups is 1. The number of fused-ring (bicyclic) bond motifs is 1. The van der Waals surface area contributed by atoms with E-state index in [0.29, 0.717) is 28.8 Å². The number of carbonyl (C=O) groups is 1. The summed E-state index contributed by atoms with van der Waals surface area (Å²) in [7, 11) is 1.58. The number of carbonyl (C=O) groups excluding carboxylic acids is 1. The topological polar surface area (TPSA) is 75.7 Å². The average molecular weight is 470 g/mol. The van der Waals surface area contributed by atoms with Crippen LogP contribution in [0.1, 0.15) is 11.1 Å². The van der Waals surface area contributed by atoms with Crippen LogP contribution in [0.25, 0.3) is 22.2 Å². The molecule has 0 aliphatic rings. The Bertz CT molecular complexity index is 1390. The summed E-state index contributed by atoms with van der Waals surface area (Å²) in [6.45, 7) is -0.371. The summed E-state index contributed by atoms with van der Waals surface area (Å²) >= 11 is 0. The first-order valence-electron chi connectivity index (χ1n) is 10.5. The van der Waals surface area contributed by atoms with Crippen molar-refractivity contribution in [1.29, 1.82) is 0 Å². The molecule has 0 atom stereocenters. The molecule has 0 bridgehead atoms.